The molecule has 0 saturated carbocycles. The van der Waals surface area contributed by atoms with Crippen LogP contribution in [0.1, 0.15) is 6.99 Å². The zero-order valence-electron chi connectivity index (χ0n) is 8.28. The minimum absolute atomic E-state index is 0. The van der Waals surface area contributed by atoms with Gasteiger partial charge in [0.05, 0.1) is 0 Å². The van der Waals surface area contributed by atoms with Crippen LogP contribution in [0.5, 0.6) is 0 Å². The molecule has 0 radical (unpaired) electrons. The van der Waals surface area contributed by atoms with Crippen LogP contribution in [0.15, 0.2) is 23.1 Å². The first kappa shape index (κ1) is 13.1. The second kappa shape index (κ2) is 4.52. The van der Waals surface area contributed by atoms with E-state index in [0.29, 0.717) is 0 Å². The molecular weight excluding hydrogens is 206 g/mol. The van der Waals surface area contributed by atoms with Gasteiger partial charge in [-0.1, -0.05) is 12.1 Å². The third-order valence-corrected chi connectivity index (χ3v) is 2.45. The van der Waals surface area contributed by atoms with Gasteiger partial charge in [-0.05, 0) is 18.6 Å². The molecule has 1 rings (SSSR count). The van der Waals surface area contributed by atoms with Crippen molar-refractivity contribution in [2.45, 2.75) is 11.8 Å². The Morgan fingerprint density at radius 3 is 2.31 bits per heavy atom. The Kier molecular flexibility index (Phi) is 4.54. The Bertz CT molecular complexity index is 387. The summed E-state index contributed by atoms with van der Waals surface area (Å²) in [5.41, 5.74) is 0.192. The second-order valence-electron chi connectivity index (χ2n) is 2.36. The van der Waals surface area contributed by atoms with Crippen LogP contribution in [0, 0.1) is 12.7 Å². The molecule has 0 amide bonds. The van der Waals surface area contributed by atoms with Gasteiger partial charge in [-0.3, -0.25) is 4.55 Å². The van der Waals surface area contributed by atoms with Crippen molar-refractivity contribution in [3.8, 4) is 0 Å². The van der Waals surface area contributed by atoms with Gasteiger partial charge in [0.25, 0.3) is 10.1 Å². The molecule has 0 heterocycles. The van der Waals surface area contributed by atoms with E-state index in [1.807, 2.05) is 0 Å². The van der Waals surface area contributed by atoms with Gasteiger partial charge in [0, 0.05) is 0 Å². The summed E-state index contributed by atoms with van der Waals surface area (Å²) in [7, 11) is -4.44. The zero-order valence-corrected chi connectivity index (χ0v) is 10.1. The summed E-state index contributed by atoms with van der Waals surface area (Å²) in [6, 6.07) is 3.77. The molecule has 0 unspecified atom stereocenters. The average molecular weight is 214 g/mol. The monoisotopic (exact) mass is 214 g/mol. The molecule has 0 bridgehead atoms. The van der Waals surface area contributed by atoms with Crippen molar-refractivity contribution in [3.05, 3.63) is 29.6 Å². The minimum Gasteiger partial charge on any atom is -1.00 e. The summed E-state index contributed by atoms with van der Waals surface area (Å²) in [5, 5.41) is 0. The van der Waals surface area contributed by atoms with E-state index < -0.39 is 20.8 Å². The quantitative estimate of drug-likeness (QED) is 0.457. The van der Waals surface area contributed by atoms with Gasteiger partial charge in [0.15, 0.2) is 0 Å². The SMILES string of the molecule is Cc1cccc(F)c1S(=O)(=O)O.[H-].[Na+]. The van der Waals surface area contributed by atoms with Gasteiger partial charge in [0.2, 0.25) is 0 Å². The Morgan fingerprint density at radius 1 is 1.46 bits per heavy atom. The van der Waals surface area contributed by atoms with Gasteiger partial charge >= 0.3 is 29.6 Å². The first-order valence-electron chi connectivity index (χ1n) is 3.15. The van der Waals surface area contributed by atoms with E-state index in [-0.39, 0.29) is 36.5 Å². The van der Waals surface area contributed by atoms with E-state index in [0.717, 1.165) is 6.07 Å². The predicted octanol–water partition coefficient (Wildman–Crippen LogP) is -1.50. The van der Waals surface area contributed by atoms with Crippen LogP contribution in [0.3, 0.4) is 0 Å². The van der Waals surface area contributed by atoms with Crippen molar-refractivity contribution < 1.29 is 48.3 Å². The summed E-state index contributed by atoms with van der Waals surface area (Å²) >= 11 is 0. The molecular formula is C7H8FNaO3S. The third kappa shape index (κ3) is 3.03. The Morgan fingerprint density at radius 2 is 2.00 bits per heavy atom. The number of rotatable bonds is 1. The molecule has 1 aromatic carbocycles. The third-order valence-electron chi connectivity index (χ3n) is 1.42. The largest absolute Gasteiger partial charge is 1.00 e. The fourth-order valence-corrected chi connectivity index (χ4v) is 1.73. The van der Waals surface area contributed by atoms with E-state index in [1.54, 1.807) is 0 Å². The molecule has 1 aromatic rings. The molecule has 0 aromatic heterocycles. The second-order valence-corrected chi connectivity index (χ2v) is 3.72. The molecule has 6 heteroatoms. The minimum atomic E-state index is -4.44. The van der Waals surface area contributed by atoms with Gasteiger partial charge in [-0.15, -0.1) is 0 Å². The van der Waals surface area contributed by atoms with E-state index >= 15 is 0 Å². The fourth-order valence-electron chi connectivity index (χ4n) is 0.943. The summed E-state index contributed by atoms with van der Waals surface area (Å²) in [6.45, 7) is 1.41. The molecule has 0 aliphatic carbocycles. The molecule has 0 spiro atoms. The summed E-state index contributed by atoms with van der Waals surface area (Å²) in [4.78, 5) is -0.648. The normalized spacial score (nSPS) is 10.7. The summed E-state index contributed by atoms with van der Waals surface area (Å²) in [6.07, 6.45) is 0. The average Bonchev–Trinajstić information content (AvgIpc) is 1.82. The van der Waals surface area contributed by atoms with Crippen molar-refractivity contribution in [1.82, 2.24) is 0 Å². The number of hydrogen-bond acceptors (Lipinski definition) is 2. The number of hydrogen-bond donors (Lipinski definition) is 1. The van der Waals surface area contributed by atoms with Gasteiger partial charge < -0.3 is 1.43 Å². The Balaban J connectivity index is 0. The molecule has 0 aliphatic rings. The molecule has 0 fully saturated rings. The topological polar surface area (TPSA) is 54.4 Å². The standard InChI is InChI=1S/C7H7FO3S.Na.H/c1-5-3-2-4-6(8)7(5)12(9,10)11;;/h2-4H,1H3,(H,9,10,11);;/q;+1;-1. The van der Waals surface area contributed by atoms with Crippen molar-refractivity contribution >= 4 is 10.1 Å². The predicted molar refractivity (Wildman–Crippen MR) is 42.1 cm³/mol. The van der Waals surface area contributed by atoms with Crippen LogP contribution in [-0.2, 0) is 10.1 Å². The Labute approximate surface area is 99.5 Å². The first-order chi connectivity index (χ1) is 5.43. The van der Waals surface area contributed by atoms with E-state index in [2.05, 4.69) is 0 Å². The molecule has 0 atom stereocenters. The van der Waals surface area contributed by atoms with Crippen molar-refractivity contribution in [3.63, 3.8) is 0 Å². The van der Waals surface area contributed by atoms with Gasteiger partial charge in [0.1, 0.15) is 10.7 Å². The van der Waals surface area contributed by atoms with E-state index in [4.69, 9.17) is 4.55 Å². The van der Waals surface area contributed by atoms with Crippen molar-refractivity contribution in [2.75, 3.05) is 0 Å². The van der Waals surface area contributed by atoms with Crippen LogP contribution in [0.4, 0.5) is 4.39 Å². The van der Waals surface area contributed by atoms with Crippen molar-refractivity contribution in [1.29, 1.82) is 0 Å². The van der Waals surface area contributed by atoms with Crippen molar-refractivity contribution in [2.24, 2.45) is 0 Å². The maximum Gasteiger partial charge on any atom is 1.00 e. The number of benzene rings is 1. The van der Waals surface area contributed by atoms with Crippen LogP contribution in [-0.4, -0.2) is 13.0 Å². The van der Waals surface area contributed by atoms with Gasteiger partial charge in [-0.25, -0.2) is 4.39 Å². The molecule has 68 valence electrons. The molecule has 0 saturated heterocycles. The smallest absolute Gasteiger partial charge is 1.00 e. The molecule has 13 heavy (non-hydrogen) atoms. The Hall–Kier alpha value is 0.0600. The van der Waals surface area contributed by atoms with Crippen LogP contribution in [0.25, 0.3) is 0 Å². The first-order valence-corrected chi connectivity index (χ1v) is 4.59. The fraction of sp³-hybridized carbons (Fsp3) is 0.143. The summed E-state index contributed by atoms with van der Waals surface area (Å²) < 4.78 is 42.6. The van der Waals surface area contributed by atoms with E-state index in [1.165, 1.54) is 19.1 Å². The summed E-state index contributed by atoms with van der Waals surface area (Å²) in [5.74, 6) is -0.933. The zero-order chi connectivity index (χ0) is 9.35. The molecule has 3 nitrogen and oxygen atoms in total. The maximum atomic E-state index is 12.8. The number of aryl methyl sites for hydroxylation is 1. The maximum absolute atomic E-state index is 12.8. The van der Waals surface area contributed by atoms with Crippen LogP contribution < -0.4 is 29.6 Å². The van der Waals surface area contributed by atoms with E-state index in [9.17, 15) is 12.8 Å². The van der Waals surface area contributed by atoms with Crippen LogP contribution >= 0.6 is 0 Å². The van der Waals surface area contributed by atoms with Crippen LogP contribution in [0.2, 0.25) is 0 Å². The molecule has 1 N–H and O–H groups in total. The van der Waals surface area contributed by atoms with Gasteiger partial charge in [-0.2, -0.15) is 8.42 Å². The number of halogens is 1. The molecule has 0 aliphatic heterocycles.